The number of allylic oxidation sites excluding steroid dienone is 1. The van der Waals surface area contributed by atoms with Crippen molar-refractivity contribution in [3.63, 3.8) is 0 Å². The third-order valence-corrected chi connectivity index (χ3v) is 5.83. The number of fused-ring (bicyclic) bond motifs is 1. The number of nitrogens with zero attached hydrogens (tertiary/aromatic N) is 4. The van der Waals surface area contributed by atoms with Gasteiger partial charge in [-0.1, -0.05) is 11.6 Å². The number of aromatic nitrogens is 3. The topological polar surface area (TPSA) is 101 Å². The second kappa shape index (κ2) is 8.14. The molecule has 32 heavy (non-hydrogen) atoms. The van der Waals surface area contributed by atoms with E-state index in [9.17, 15) is 9.59 Å². The highest BCUT2D eigenvalue weighted by Crippen LogP contribution is 2.30. The summed E-state index contributed by atoms with van der Waals surface area (Å²) in [5.41, 5.74) is 1.88. The van der Waals surface area contributed by atoms with Crippen LogP contribution in [0.25, 0.3) is 6.20 Å². The van der Waals surface area contributed by atoms with E-state index < -0.39 is 0 Å². The lowest BCUT2D eigenvalue weighted by atomic mass is 10.1. The molecule has 2 aromatic rings. The summed E-state index contributed by atoms with van der Waals surface area (Å²) >= 11 is 0. The Labute approximate surface area is 186 Å². The minimum atomic E-state index is -0.194. The number of amides is 2. The number of anilines is 2. The molecule has 0 radical (unpaired) electrons. The summed E-state index contributed by atoms with van der Waals surface area (Å²) < 4.78 is 7.70. The minimum absolute atomic E-state index is 0.0120. The summed E-state index contributed by atoms with van der Waals surface area (Å²) in [7, 11) is 1.91. The lowest BCUT2D eigenvalue weighted by Gasteiger charge is -2.20. The molecule has 2 N–H and O–H groups in total. The van der Waals surface area contributed by atoms with Crippen molar-refractivity contribution in [2.45, 2.75) is 45.1 Å². The molecule has 1 aliphatic carbocycles. The Kier molecular flexibility index (Phi) is 5.16. The number of hydrogen-bond acceptors (Lipinski definition) is 6. The summed E-state index contributed by atoms with van der Waals surface area (Å²) in [5, 5.41) is 10.1. The van der Waals surface area contributed by atoms with E-state index in [1.54, 1.807) is 10.9 Å². The van der Waals surface area contributed by atoms with Crippen LogP contribution in [0, 0.1) is 5.92 Å². The molecule has 166 valence electrons. The molecule has 5 rings (SSSR count). The highest BCUT2D eigenvalue weighted by Gasteiger charge is 2.31. The smallest absolute Gasteiger partial charge is 0.249 e. The molecule has 1 fully saturated rings. The van der Waals surface area contributed by atoms with Gasteiger partial charge in [0, 0.05) is 37.6 Å². The van der Waals surface area contributed by atoms with Crippen molar-refractivity contribution in [3.8, 4) is 5.75 Å². The van der Waals surface area contributed by atoms with E-state index in [-0.39, 0.29) is 23.8 Å². The van der Waals surface area contributed by atoms with Crippen LogP contribution in [0.15, 0.2) is 41.8 Å². The summed E-state index contributed by atoms with van der Waals surface area (Å²) in [5.74, 6) is 2.54. The van der Waals surface area contributed by atoms with E-state index in [2.05, 4.69) is 20.7 Å². The second-order valence-corrected chi connectivity index (χ2v) is 8.64. The molecule has 1 aromatic heterocycles. The van der Waals surface area contributed by atoms with E-state index in [0.717, 1.165) is 30.8 Å². The van der Waals surface area contributed by atoms with Gasteiger partial charge in [-0.05, 0) is 44.5 Å². The van der Waals surface area contributed by atoms with Gasteiger partial charge in [0.15, 0.2) is 0 Å². The molecular weight excluding hydrogens is 408 g/mol. The summed E-state index contributed by atoms with van der Waals surface area (Å²) in [6.45, 7) is 2.03. The molecule has 9 nitrogen and oxygen atoms in total. The van der Waals surface area contributed by atoms with Crippen LogP contribution in [0.5, 0.6) is 5.75 Å². The number of benzene rings is 1. The van der Waals surface area contributed by atoms with Crippen molar-refractivity contribution >= 4 is 29.7 Å². The number of hydrogen-bond donors (Lipinski definition) is 2. The van der Waals surface area contributed by atoms with Gasteiger partial charge < -0.3 is 15.0 Å². The molecule has 0 spiro atoms. The summed E-state index contributed by atoms with van der Waals surface area (Å²) in [6, 6.07) is 7.16. The zero-order valence-corrected chi connectivity index (χ0v) is 18.2. The van der Waals surface area contributed by atoms with Gasteiger partial charge in [0.1, 0.15) is 23.4 Å². The highest BCUT2D eigenvalue weighted by atomic mass is 16.5. The maximum Gasteiger partial charge on any atom is 0.249 e. The third-order valence-electron chi connectivity index (χ3n) is 5.83. The number of nitrogens with one attached hydrogen (secondary N) is 2. The first-order valence-electron chi connectivity index (χ1n) is 10.9. The van der Waals surface area contributed by atoms with Gasteiger partial charge in [-0.15, -0.1) is 5.10 Å². The molecule has 2 aliphatic heterocycles. The maximum absolute atomic E-state index is 12.6. The lowest BCUT2D eigenvalue weighted by molar-refractivity contribution is -0.119. The molecule has 2 amide bonds. The first kappa shape index (κ1) is 20.3. The first-order valence-corrected chi connectivity index (χ1v) is 10.9. The fraction of sp³-hybridized carbons (Fsp3) is 0.391. The van der Waals surface area contributed by atoms with Crippen molar-refractivity contribution in [2.24, 2.45) is 5.92 Å². The van der Waals surface area contributed by atoms with Crippen LogP contribution < -0.4 is 15.4 Å². The van der Waals surface area contributed by atoms with Gasteiger partial charge in [0.05, 0.1) is 6.20 Å². The maximum atomic E-state index is 12.6. The first-order chi connectivity index (χ1) is 15.4. The average molecular weight is 435 g/mol. The normalized spacial score (nSPS) is 19.7. The van der Waals surface area contributed by atoms with Crippen molar-refractivity contribution in [1.29, 1.82) is 0 Å². The van der Waals surface area contributed by atoms with E-state index in [1.165, 1.54) is 5.57 Å². The number of ether oxygens (including phenoxy) is 1. The Morgan fingerprint density at radius 2 is 1.97 bits per heavy atom. The van der Waals surface area contributed by atoms with Gasteiger partial charge in [-0.3, -0.25) is 14.9 Å². The second-order valence-electron chi connectivity index (χ2n) is 8.64. The fourth-order valence-corrected chi connectivity index (χ4v) is 3.98. The largest absolute Gasteiger partial charge is 0.460 e. The molecule has 0 saturated heterocycles. The zero-order chi connectivity index (χ0) is 22.2. The molecule has 3 heterocycles. The molecule has 1 unspecified atom stereocenters. The van der Waals surface area contributed by atoms with Crippen molar-refractivity contribution in [2.75, 3.05) is 17.7 Å². The zero-order valence-electron chi connectivity index (χ0n) is 18.2. The van der Waals surface area contributed by atoms with E-state index >= 15 is 0 Å². The molecule has 3 aliphatic rings. The molecule has 1 atom stereocenters. The number of likely N-dealkylation sites (N-methyl/N-ethyl adjacent to an activating group) is 1. The average Bonchev–Trinajstić information content (AvgIpc) is 3.44. The minimum Gasteiger partial charge on any atom is -0.460 e. The van der Waals surface area contributed by atoms with Crippen LogP contribution in [0.3, 0.4) is 0 Å². The Morgan fingerprint density at radius 1 is 1.12 bits per heavy atom. The van der Waals surface area contributed by atoms with Gasteiger partial charge in [0.25, 0.3) is 0 Å². The summed E-state index contributed by atoms with van der Waals surface area (Å²) in [4.78, 5) is 30.9. The van der Waals surface area contributed by atoms with Crippen molar-refractivity contribution in [3.05, 3.63) is 47.6 Å². The molecule has 0 bridgehead atoms. The van der Waals surface area contributed by atoms with Crippen LogP contribution in [0.1, 0.15) is 38.4 Å². The van der Waals surface area contributed by atoms with Gasteiger partial charge in [0.2, 0.25) is 17.8 Å². The van der Waals surface area contributed by atoms with Crippen molar-refractivity contribution in [1.82, 2.24) is 19.7 Å². The number of carbonyl (C=O) groups excluding carboxylic acids is 2. The van der Waals surface area contributed by atoms with Crippen LogP contribution in [-0.4, -0.2) is 44.6 Å². The van der Waals surface area contributed by atoms with Crippen molar-refractivity contribution < 1.29 is 14.3 Å². The SMILES string of the molecule is CC1=CN(C)C(C(=O)Nc2cccc(OC3=Cn4nc(NC(=O)C5CC5)nc4CC3)c2)C1. The predicted molar refractivity (Wildman–Crippen MR) is 120 cm³/mol. The number of carbonyl (C=O) groups is 2. The van der Waals surface area contributed by atoms with E-state index in [0.29, 0.717) is 30.2 Å². The van der Waals surface area contributed by atoms with Crippen LogP contribution in [0.4, 0.5) is 11.6 Å². The standard InChI is InChI=1S/C23H26N6O3/c1-14-10-19(28(2)12-14)22(31)24-16-4-3-5-17(11-16)32-18-8-9-20-25-23(27-29(20)13-18)26-21(30)15-6-7-15/h3-5,11-13,15,19H,6-10H2,1-2H3,(H,24,31)(H,26,27,30). The Morgan fingerprint density at radius 3 is 2.72 bits per heavy atom. The highest BCUT2D eigenvalue weighted by molar-refractivity contribution is 5.95. The van der Waals surface area contributed by atoms with Crippen LogP contribution >= 0.6 is 0 Å². The predicted octanol–water partition coefficient (Wildman–Crippen LogP) is 3.00. The van der Waals surface area contributed by atoms with E-state index in [4.69, 9.17) is 4.74 Å². The molecule has 1 aromatic carbocycles. The molecule has 1 saturated carbocycles. The molecule has 9 heteroatoms. The quantitative estimate of drug-likeness (QED) is 0.725. The lowest BCUT2D eigenvalue weighted by Crippen LogP contribution is -2.36. The van der Waals surface area contributed by atoms with Crippen LogP contribution in [-0.2, 0) is 16.0 Å². The van der Waals surface area contributed by atoms with Gasteiger partial charge in [-0.25, -0.2) is 4.68 Å². The fourth-order valence-electron chi connectivity index (χ4n) is 3.98. The Balaban J connectivity index is 1.23. The third kappa shape index (κ3) is 4.37. The van der Waals surface area contributed by atoms with Gasteiger partial charge >= 0.3 is 0 Å². The number of aryl methyl sites for hydroxylation is 1. The van der Waals surface area contributed by atoms with Gasteiger partial charge in [-0.2, -0.15) is 4.98 Å². The van der Waals surface area contributed by atoms with Crippen LogP contribution in [0.2, 0.25) is 0 Å². The Bertz CT molecular complexity index is 1130. The Hall–Kier alpha value is -3.62. The number of rotatable bonds is 6. The summed E-state index contributed by atoms with van der Waals surface area (Å²) in [6.07, 6.45) is 7.72. The monoisotopic (exact) mass is 434 g/mol. The molecular formula is C23H26N6O3. The van der Waals surface area contributed by atoms with E-state index in [1.807, 2.05) is 49.3 Å².